The second-order valence-corrected chi connectivity index (χ2v) is 1.09. The number of rotatable bonds is 0. The Labute approximate surface area is 88.7 Å². The Kier molecular flexibility index (Phi) is 140. The van der Waals surface area contributed by atoms with E-state index < -0.39 is 0 Å². The van der Waals surface area contributed by atoms with Crippen molar-refractivity contribution in [2.75, 3.05) is 0 Å². The topological polar surface area (TPSA) is 0 Å². The molecule has 0 saturated carbocycles. The molecule has 0 saturated heterocycles. The molecule has 1 rings (SSSR count). The van der Waals surface area contributed by atoms with Gasteiger partial charge in [0.25, 0.3) is 0 Å². The van der Waals surface area contributed by atoms with Crippen molar-refractivity contribution in [2.45, 2.75) is 55.4 Å². The molecular weight excluding hydrogens is 155 g/mol. The van der Waals surface area contributed by atoms with Crippen molar-refractivity contribution in [3.8, 4) is 0 Å². The molecular formula is C12H28B. The molecule has 1 aliphatic carbocycles. The van der Waals surface area contributed by atoms with Crippen molar-refractivity contribution in [3.05, 3.63) is 24.3 Å². The quantitative estimate of drug-likeness (QED) is 0.471. The van der Waals surface area contributed by atoms with Crippen LogP contribution in [0.1, 0.15) is 55.4 Å². The van der Waals surface area contributed by atoms with E-state index in [1.165, 1.54) is 0 Å². The summed E-state index contributed by atoms with van der Waals surface area (Å²) in [6, 6.07) is 0. The van der Waals surface area contributed by atoms with Gasteiger partial charge in [0.15, 0.2) is 0 Å². The van der Waals surface area contributed by atoms with Crippen LogP contribution in [-0.2, 0) is 0 Å². The fraction of sp³-hybridized carbons (Fsp3) is 0.667. The third kappa shape index (κ3) is 50.9. The molecule has 0 aliphatic heterocycles. The van der Waals surface area contributed by atoms with Crippen LogP contribution in [-0.4, -0.2) is 8.41 Å². The van der Waals surface area contributed by atoms with E-state index >= 15 is 0 Å². The molecule has 1 heteroatoms. The summed E-state index contributed by atoms with van der Waals surface area (Å²) < 4.78 is 0. The van der Waals surface area contributed by atoms with E-state index in [1.807, 2.05) is 41.5 Å². The van der Waals surface area contributed by atoms with Gasteiger partial charge in [-0.15, -0.1) is 0 Å². The summed E-state index contributed by atoms with van der Waals surface area (Å²) in [4.78, 5) is 0. The van der Waals surface area contributed by atoms with Gasteiger partial charge in [0.2, 0.25) is 0 Å². The number of hydrogen-bond acceptors (Lipinski definition) is 0. The standard InChI is InChI=1S/C5H6.3C2H6.CH4.B/c1-2-4-5-3-1;3*1-2;;/h1-4H,5H2;3*1-2H3;1H4;. The summed E-state index contributed by atoms with van der Waals surface area (Å²) in [5.41, 5.74) is 0. The molecule has 0 heterocycles. The van der Waals surface area contributed by atoms with Crippen LogP contribution in [0.4, 0.5) is 0 Å². The zero-order chi connectivity index (χ0) is 9.54. The molecule has 3 radical (unpaired) electrons. The summed E-state index contributed by atoms with van der Waals surface area (Å²) in [5.74, 6) is 0. The lowest BCUT2D eigenvalue weighted by Gasteiger charge is -1.57. The Balaban J connectivity index is -0.0000000239. The van der Waals surface area contributed by atoms with E-state index in [1.54, 1.807) is 0 Å². The Morgan fingerprint density at radius 1 is 0.692 bits per heavy atom. The van der Waals surface area contributed by atoms with Crippen molar-refractivity contribution in [2.24, 2.45) is 0 Å². The van der Waals surface area contributed by atoms with Gasteiger partial charge in [-0.25, -0.2) is 0 Å². The zero-order valence-corrected chi connectivity index (χ0v) is 9.59. The zero-order valence-electron chi connectivity index (χ0n) is 9.59. The highest BCUT2D eigenvalue weighted by Crippen LogP contribution is 1.93. The number of hydrogen-bond donors (Lipinski definition) is 0. The third-order valence-electron chi connectivity index (χ3n) is 0.655. The van der Waals surface area contributed by atoms with Gasteiger partial charge in [-0.1, -0.05) is 73.3 Å². The average molecular weight is 183 g/mol. The highest BCUT2D eigenvalue weighted by molar-refractivity contribution is 5.75. The molecule has 0 aromatic heterocycles. The first-order valence-electron chi connectivity index (χ1n) is 4.82. The Hall–Kier alpha value is -0.455. The minimum absolute atomic E-state index is 0. The first-order chi connectivity index (χ1) is 5.50. The maximum absolute atomic E-state index is 2.12. The summed E-state index contributed by atoms with van der Waals surface area (Å²) in [5, 5.41) is 0. The van der Waals surface area contributed by atoms with E-state index in [9.17, 15) is 0 Å². The molecule has 0 unspecified atom stereocenters. The van der Waals surface area contributed by atoms with Gasteiger partial charge in [0.1, 0.15) is 0 Å². The summed E-state index contributed by atoms with van der Waals surface area (Å²) in [6.07, 6.45) is 9.50. The second-order valence-electron chi connectivity index (χ2n) is 1.09. The molecule has 0 atom stereocenters. The van der Waals surface area contributed by atoms with Crippen molar-refractivity contribution in [1.82, 2.24) is 0 Å². The first-order valence-corrected chi connectivity index (χ1v) is 4.82. The van der Waals surface area contributed by atoms with Crippen LogP contribution in [0.25, 0.3) is 0 Å². The third-order valence-corrected chi connectivity index (χ3v) is 0.655. The summed E-state index contributed by atoms with van der Waals surface area (Å²) >= 11 is 0. The minimum atomic E-state index is 0. The monoisotopic (exact) mass is 183 g/mol. The normalized spacial score (nSPS) is 8.15. The van der Waals surface area contributed by atoms with Gasteiger partial charge in [0, 0.05) is 8.41 Å². The van der Waals surface area contributed by atoms with Crippen LogP contribution in [0.15, 0.2) is 24.3 Å². The van der Waals surface area contributed by atoms with Crippen LogP contribution in [0.2, 0.25) is 0 Å². The lowest BCUT2D eigenvalue weighted by atomic mass is 10.5. The number of allylic oxidation sites excluding steroid dienone is 4. The second kappa shape index (κ2) is 62.1. The molecule has 0 nitrogen and oxygen atoms in total. The molecule has 1 aliphatic rings. The minimum Gasteiger partial charge on any atom is -0.0808 e. The molecule has 0 bridgehead atoms. The smallest absolute Gasteiger partial charge is 0 e. The van der Waals surface area contributed by atoms with Crippen LogP contribution < -0.4 is 0 Å². The summed E-state index contributed by atoms with van der Waals surface area (Å²) in [6.45, 7) is 12.0. The van der Waals surface area contributed by atoms with Gasteiger partial charge in [0.05, 0.1) is 0 Å². The van der Waals surface area contributed by atoms with E-state index in [0.717, 1.165) is 6.42 Å². The van der Waals surface area contributed by atoms with Gasteiger partial charge in [-0.05, 0) is 6.42 Å². The highest BCUT2D eigenvalue weighted by atomic mass is 13.8. The predicted molar refractivity (Wildman–Crippen MR) is 69.4 cm³/mol. The molecule has 0 N–H and O–H groups in total. The highest BCUT2D eigenvalue weighted by Gasteiger charge is 1.72. The fourth-order valence-electron chi connectivity index (χ4n) is 0.393. The van der Waals surface area contributed by atoms with Gasteiger partial charge in [-0.2, -0.15) is 0 Å². The predicted octanol–water partition coefficient (Wildman–Crippen LogP) is 4.84. The Morgan fingerprint density at radius 3 is 1.00 bits per heavy atom. The van der Waals surface area contributed by atoms with Crippen LogP contribution in [0.3, 0.4) is 0 Å². The van der Waals surface area contributed by atoms with Crippen molar-refractivity contribution in [1.29, 1.82) is 0 Å². The molecule has 0 aromatic carbocycles. The lowest BCUT2D eigenvalue weighted by molar-refractivity contribution is 1.45. The van der Waals surface area contributed by atoms with Gasteiger partial charge < -0.3 is 0 Å². The maximum atomic E-state index is 2.12. The Bertz CT molecular complexity index is 63.2. The van der Waals surface area contributed by atoms with Crippen LogP contribution in [0.5, 0.6) is 0 Å². The molecule has 13 heavy (non-hydrogen) atoms. The van der Waals surface area contributed by atoms with E-state index in [2.05, 4.69) is 24.3 Å². The molecule has 0 fully saturated rings. The van der Waals surface area contributed by atoms with Crippen LogP contribution >= 0.6 is 0 Å². The van der Waals surface area contributed by atoms with E-state index in [-0.39, 0.29) is 15.8 Å². The van der Waals surface area contributed by atoms with Crippen LogP contribution in [0, 0.1) is 0 Å². The van der Waals surface area contributed by atoms with Crippen molar-refractivity contribution in [3.63, 3.8) is 0 Å². The maximum Gasteiger partial charge on any atom is 0 e. The van der Waals surface area contributed by atoms with Gasteiger partial charge >= 0.3 is 0 Å². The first kappa shape index (κ1) is 29.4. The van der Waals surface area contributed by atoms with E-state index in [4.69, 9.17) is 0 Å². The largest absolute Gasteiger partial charge is 0.0808 e. The molecule has 0 spiro atoms. The lowest BCUT2D eigenvalue weighted by Crippen LogP contribution is -1.37. The van der Waals surface area contributed by atoms with Crippen molar-refractivity contribution >= 4 is 8.41 Å². The fourth-order valence-corrected chi connectivity index (χ4v) is 0.393. The average Bonchev–Trinajstić information content (AvgIpc) is 2.71. The molecule has 0 amide bonds. The van der Waals surface area contributed by atoms with Gasteiger partial charge in [-0.3, -0.25) is 0 Å². The summed E-state index contributed by atoms with van der Waals surface area (Å²) in [7, 11) is 0. The Morgan fingerprint density at radius 2 is 0.923 bits per heavy atom. The molecule has 79 valence electrons. The SMILES string of the molecule is C.C1=CCC=C1.CC.CC.CC.[B]. The van der Waals surface area contributed by atoms with Crippen molar-refractivity contribution < 1.29 is 0 Å². The molecule has 0 aromatic rings. The van der Waals surface area contributed by atoms with E-state index in [0.29, 0.717) is 0 Å².